The minimum absolute atomic E-state index is 0.152. The maximum absolute atomic E-state index is 13.6. The molecule has 1 aromatic carbocycles. The number of hydrogen-bond acceptors (Lipinski definition) is 5. The monoisotopic (exact) mass is 471 g/mol. The third-order valence-corrected chi connectivity index (χ3v) is 6.70. The Morgan fingerprint density at radius 3 is 2.65 bits per heavy atom. The zero-order valence-electron chi connectivity index (χ0n) is 19.1. The number of fused-ring (bicyclic) bond motifs is 1. The van der Waals surface area contributed by atoms with Crippen molar-refractivity contribution in [3.63, 3.8) is 0 Å². The molecule has 0 radical (unpaired) electrons. The van der Waals surface area contributed by atoms with Crippen LogP contribution in [0.1, 0.15) is 55.0 Å². The van der Waals surface area contributed by atoms with Crippen molar-refractivity contribution >= 4 is 23.1 Å². The van der Waals surface area contributed by atoms with E-state index in [1.807, 2.05) is 18.2 Å². The second-order valence-electron chi connectivity index (χ2n) is 8.94. The van der Waals surface area contributed by atoms with E-state index in [4.69, 9.17) is 16.6 Å². The summed E-state index contributed by atoms with van der Waals surface area (Å²) in [5.41, 5.74) is 7.39. The van der Waals surface area contributed by atoms with E-state index in [2.05, 4.69) is 15.2 Å². The zero-order valence-corrected chi connectivity index (χ0v) is 19.1. The molecule has 2 aromatic heterocycles. The zero-order chi connectivity index (χ0) is 24.6. The number of rotatable bonds is 7. The molecule has 0 aliphatic heterocycles. The number of nitrogens with one attached hydrogen (secondary N) is 3. The summed E-state index contributed by atoms with van der Waals surface area (Å²) in [5.74, 6) is 0.0285. The van der Waals surface area contributed by atoms with Crippen LogP contribution in [0.3, 0.4) is 0 Å². The molecule has 0 saturated heterocycles. The highest BCUT2D eigenvalue weighted by Gasteiger charge is 2.35. The van der Waals surface area contributed by atoms with Crippen LogP contribution in [0.4, 0.5) is 13.2 Å². The second-order valence-corrected chi connectivity index (χ2v) is 8.94. The first kappa shape index (κ1) is 23.9. The van der Waals surface area contributed by atoms with E-state index in [0.29, 0.717) is 33.9 Å². The minimum atomic E-state index is -4.60. The van der Waals surface area contributed by atoms with Gasteiger partial charge in [0.25, 0.3) is 0 Å². The summed E-state index contributed by atoms with van der Waals surface area (Å²) in [6.45, 7) is 1.89. The van der Waals surface area contributed by atoms with Gasteiger partial charge in [0.2, 0.25) is 0 Å². The van der Waals surface area contributed by atoms with Gasteiger partial charge in [-0.25, -0.2) is 4.98 Å². The molecule has 180 valence electrons. The lowest BCUT2D eigenvalue weighted by atomic mass is 9.72. The lowest BCUT2D eigenvalue weighted by molar-refractivity contribution is -0.141. The number of hydrogen-bond donors (Lipinski definition) is 4. The van der Waals surface area contributed by atoms with Crippen LogP contribution in [0.25, 0.3) is 22.2 Å². The van der Waals surface area contributed by atoms with E-state index in [-0.39, 0.29) is 24.1 Å². The number of pyridine rings is 1. The number of alkyl halides is 3. The molecule has 10 heteroatoms. The van der Waals surface area contributed by atoms with Gasteiger partial charge >= 0.3 is 6.18 Å². The number of amidine groups is 1. The highest BCUT2D eigenvalue weighted by Crippen LogP contribution is 2.42. The van der Waals surface area contributed by atoms with Gasteiger partial charge < -0.3 is 10.6 Å². The molecular weight excluding hydrogens is 443 g/mol. The Kier molecular flexibility index (Phi) is 6.44. The predicted molar refractivity (Wildman–Crippen MR) is 126 cm³/mol. The summed E-state index contributed by atoms with van der Waals surface area (Å²) in [7, 11) is 1.68. The van der Waals surface area contributed by atoms with Crippen molar-refractivity contribution < 1.29 is 13.2 Å². The molecule has 2 heterocycles. The molecule has 1 aliphatic carbocycles. The van der Waals surface area contributed by atoms with E-state index in [0.717, 1.165) is 37.2 Å². The molecule has 0 bridgehead atoms. The Morgan fingerprint density at radius 1 is 1.32 bits per heavy atom. The fourth-order valence-corrected chi connectivity index (χ4v) is 4.47. The molecule has 1 fully saturated rings. The summed E-state index contributed by atoms with van der Waals surface area (Å²) in [4.78, 5) is 5.35. The van der Waals surface area contributed by atoms with Gasteiger partial charge in [0, 0.05) is 36.4 Å². The Morgan fingerprint density at radius 2 is 2.06 bits per heavy atom. The number of likely N-dealkylation sites (N-methyl/N-ethyl adjacent to an activating group) is 1. The third-order valence-electron chi connectivity index (χ3n) is 6.70. The van der Waals surface area contributed by atoms with E-state index >= 15 is 0 Å². The maximum atomic E-state index is 13.6. The normalized spacial score (nSPS) is 16.2. The summed E-state index contributed by atoms with van der Waals surface area (Å²) < 4.78 is 40.9. The van der Waals surface area contributed by atoms with Crippen molar-refractivity contribution in [3.05, 3.63) is 47.3 Å². The standard InChI is InChI=1S/C24H28F3N7/c1-13(11-28)20-22-17(10-18(31-20)24(25,26)27)21(32-33-22)16-8-4-7-15(9-16)19(14-5-3-6-14)23(30)34(2)12-29/h4,7-10,12-14,19,29-30H,3,5-6,11,28H2,1-2H3,(H,32,33). The van der Waals surface area contributed by atoms with Gasteiger partial charge in [0.1, 0.15) is 17.2 Å². The van der Waals surface area contributed by atoms with Crippen molar-refractivity contribution in [3.8, 4) is 11.3 Å². The number of nitrogens with two attached hydrogens (primary N) is 1. The molecule has 5 N–H and O–H groups in total. The highest BCUT2D eigenvalue weighted by atomic mass is 19.4. The predicted octanol–water partition coefficient (Wildman–Crippen LogP) is 5.11. The minimum Gasteiger partial charge on any atom is -0.330 e. The molecule has 34 heavy (non-hydrogen) atoms. The Labute approximate surface area is 195 Å². The van der Waals surface area contributed by atoms with Crippen molar-refractivity contribution in [2.45, 2.75) is 44.2 Å². The molecule has 3 aromatic rings. The van der Waals surface area contributed by atoms with E-state index in [1.54, 1.807) is 20.0 Å². The average molecular weight is 472 g/mol. The van der Waals surface area contributed by atoms with Crippen LogP contribution in [0, 0.1) is 16.7 Å². The summed E-state index contributed by atoms with van der Waals surface area (Å²) >= 11 is 0. The SMILES string of the molecule is CC(CN)c1nc(C(F)(F)F)cc2c(-c3cccc(C(C(=N)N(C)C=N)C4CCC4)c3)n[nH]c12. The first-order valence-corrected chi connectivity index (χ1v) is 11.2. The number of nitrogens with zero attached hydrogens (tertiary/aromatic N) is 3. The number of H-pyrrole nitrogens is 1. The van der Waals surface area contributed by atoms with E-state index < -0.39 is 11.9 Å². The molecule has 0 amide bonds. The van der Waals surface area contributed by atoms with Gasteiger partial charge in [-0.05, 0) is 36.5 Å². The third kappa shape index (κ3) is 4.29. The first-order chi connectivity index (χ1) is 16.2. The summed E-state index contributed by atoms with van der Waals surface area (Å²) in [5, 5.41) is 23.8. The van der Waals surface area contributed by atoms with Gasteiger partial charge in [-0.15, -0.1) is 0 Å². The Bertz CT molecular complexity index is 1210. The van der Waals surface area contributed by atoms with Gasteiger partial charge in [-0.2, -0.15) is 18.3 Å². The van der Waals surface area contributed by atoms with Crippen LogP contribution in [-0.4, -0.2) is 45.8 Å². The largest absolute Gasteiger partial charge is 0.433 e. The second kappa shape index (κ2) is 9.17. The quantitative estimate of drug-likeness (QED) is 0.283. The van der Waals surface area contributed by atoms with Crippen LogP contribution in [0.2, 0.25) is 0 Å². The molecule has 2 unspecified atom stereocenters. The Hall–Kier alpha value is -3.27. The van der Waals surface area contributed by atoms with Gasteiger partial charge in [0.05, 0.1) is 17.5 Å². The summed E-state index contributed by atoms with van der Waals surface area (Å²) in [6.07, 6.45) is -0.396. The van der Waals surface area contributed by atoms with Gasteiger partial charge in [-0.1, -0.05) is 31.5 Å². The molecule has 1 saturated carbocycles. The van der Waals surface area contributed by atoms with Crippen LogP contribution in [0.15, 0.2) is 30.3 Å². The molecular formula is C24H28F3N7. The molecule has 2 atom stereocenters. The fourth-order valence-electron chi connectivity index (χ4n) is 4.47. The van der Waals surface area contributed by atoms with Crippen molar-refractivity contribution in [2.24, 2.45) is 11.7 Å². The maximum Gasteiger partial charge on any atom is 0.433 e. The molecule has 1 aliphatic rings. The van der Waals surface area contributed by atoms with Crippen LogP contribution < -0.4 is 5.73 Å². The molecule has 7 nitrogen and oxygen atoms in total. The number of aromatic nitrogens is 3. The highest BCUT2D eigenvalue weighted by molar-refractivity contribution is 5.96. The van der Waals surface area contributed by atoms with Gasteiger partial charge in [0.15, 0.2) is 0 Å². The van der Waals surface area contributed by atoms with Crippen molar-refractivity contribution in [1.82, 2.24) is 20.1 Å². The van der Waals surface area contributed by atoms with E-state index in [1.165, 1.54) is 4.90 Å². The number of halogens is 3. The summed E-state index contributed by atoms with van der Waals surface area (Å²) in [6, 6.07) is 8.50. The number of benzene rings is 1. The van der Waals surface area contributed by atoms with Crippen LogP contribution >= 0.6 is 0 Å². The van der Waals surface area contributed by atoms with Crippen molar-refractivity contribution in [1.29, 1.82) is 10.8 Å². The van der Waals surface area contributed by atoms with Gasteiger partial charge in [-0.3, -0.25) is 15.9 Å². The smallest absolute Gasteiger partial charge is 0.330 e. The fraction of sp³-hybridized carbons (Fsp3) is 0.417. The lowest BCUT2D eigenvalue weighted by Gasteiger charge is -2.36. The lowest BCUT2D eigenvalue weighted by Crippen LogP contribution is -2.36. The average Bonchev–Trinajstić information content (AvgIpc) is 3.22. The number of aromatic amines is 1. The van der Waals surface area contributed by atoms with Crippen molar-refractivity contribution in [2.75, 3.05) is 13.6 Å². The van der Waals surface area contributed by atoms with E-state index in [9.17, 15) is 13.2 Å². The molecule has 0 spiro atoms. The van der Waals surface area contributed by atoms with Crippen LogP contribution in [-0.2, 0) is 6.18 Å². The van der Waals surface area contributed by atoms with Crippen LogP contribution in [0.5, 0.6) is 0 Å². The Balaban J connectivity index is 1.85. The topological polar surface area (TPSA) is 119 Å². The first-order valence-electron chi connectivity index (χ1n) is 11.2. The molecule has 4 rings (SSSR count).